The van der Waals surface area contributed by atoms with Crippen LogP contribution < -0.4 is 10.6 Å². The summed E-state index contributed by atoms with van der Waals surface area (Å²) in [6.07, 6.45) is 6.43. The minimum Gasteiger partial charge on any atom is -0.362 e. The molecule has 106 valence electrons. The van der Waals surface area contributed by atoms with E-state index in [1.54, 1.807) is 0 Å². The first-order valence-electron chi connectivity index (χ1n) is 7.25. The van der Waals surface area contributed by atoms with Gasteiger partial charge in [0.2, 0.25) is 0 Å². The van der Waals surface area contributed by atoms with Crippen LogP contribution in [-0.2, 0) is 0 Å². The molecule has 0 aliphatic carbocycles. The SMILES string of the molecule is CCCCCCCNC(=S)Nc1ccc(C)c(C)c1. The summed E-state index contributed by atoms with van der Waals surface area (Å²) >= 11 is 5.29. The number of anilines is 1. The molecule has 1 aromatic rings. The topological polar surface area (TPSA) is 24.1 Å². The fraction of sp³-hybridized carbons (Fsp3) is 0.562. The maximum atomic E-state index is 5.29. The predicted molar refractivity (Wildman–Crippen MR) is 88.9 cm³/mol. The molecule has 0 spiro atoms. The molecule has 2 N–H and O–H groups in total. The van der Waals surface area contributed by atoms with E-state index in [1.807, 2.05) is 0 Å². The molecule has 0 aromatic heterocycles. The minimum absolute atomic E-state index is 0.721. The van der Waals surface area contributed by atoms with Gasteiger partial charge in [0.25, 0.3) is 0 Å². The van der Waals surface area contributed by atoms with Crippen molar-refractivity contribution in [2.75, 3.05) is 11.9 Å². The third-order valence-electron chi connectivity index (χ3n) is 3.33. The van der Waals surface area contributed by atoms with E-state index in [1.165, 1.54) is 43.2 Å². The highest BCUT2D eigenvalue weighted by atomic mass is 32.1. The average Bonchev–Trinajstić information content (AvgIpc) is 2.38. The van der Waals surface area contributed by atoms with Gasteiger partial charge in [-0.2, -0.15) is 0 Å². The number of hydrogen-bond acceptors (Lipinski definition) is 1. The first-order chi connectivity index (χ1) is 9.13. The van der Waals surface area contributed by atoms with Gasteiger partial charge in [-0.15, -0.1) is 0 Å². The van der Waals surface area contributed by atoms with E-state index >= 15 is 0 Å². The summed E-state index contributed by atoms with van der Waals surface area (Å²) < 4.78 is 0. The van der Waals surface area contributed by atoms with Gasteiger partial charge in [0.15, 0.2) is 5.11 Å². The number of rotatable bonds is 7. The zero-order valence-corrected chi connectivity index (χ0v) is 13.2. The van der Waals surface area contributed by atoms with E-state index in [4.69, 9.17) is 12.2 Å². The van der Waals surface area contributed by atoms with Crippen LogP contribution in [0.3, 0.4) is 0 Å². The number of aryl methyl sites for hydroxylation is 2. The third kappa shape index (κ3) is 6.58. The maximum Gasteiger partial charge on any atom is 0.170 e. The lowest BCUT2D eigenvalue weighted by Crippen LogP contribution is -2.29. The van der Waals surface area contributed by atoms with E-state index in [2.05, 4.69) is 49.6 Å². The van der Waals surface area contributed by atoms with Crippen LogP contribution in [0, 0.1) is 13.8 Å². The number of hydrogen-bond donors (Lipinski definition) is 2. The lowest BCUT2D eigenvalue weighted by molar-refractivity contribution is 0.625. The lowest BCUT2D eigenvalue weighted by Gasteiger charge is -2.11. The molecule has 0 amide bonds. The largest absolute Gasteiger partial charge is 0.362 e. The van der Waals surface area contributed by atoms with Crippen molar-refractivity contribution in [1.82, 2.24) is 5.32 Å². The second-order valence-electron chi connectivity index (χ2n) is 5.09. The highest BCUT2D eigenvalue weighted by Gasteiger charge is 1.99. The normalized spacial score (nSPS) is 10.3. The van der Waals surface area contributed by atoms with Gasteiger partial charge in [-0.3, -0.25) is 0 Å². The average molecular weight is 278 g/mol. The van der Waals surface area contributed by atoms with Crippen molar-refractivity contribution in [3.05, 3.63) is 29.3 Å². The van der Waals surface area contributed by atoms with Crippen molar-refractivity contribution in [3.63, 3.8) is 0 Å². The Labute approximate surface area is 123 Å². The molecule has 0 saturated carbocycles. The predicted octanol–water partition coefficient (Wildman–Crippen LogP) is 4.56. The fourth-order valence-electron chi connectivity index (χ4n) is 1.92. The van der Waals surface area contributed by atoms with Crippen molar-refractivity contribution >= 4 is 23.0 Å². The van der Waals surface area contributed by atoms with E-state index in [0.29, 0.717) is 0 Å². The highest BCUT2D eigenvalue weighted by molar-refractivity contribution is 7.80. The second-order valence-corrected chi connectivity index (χ2v) is 5.50. The van der Waals surface area contributed by atoms with Crippen LogP contribution in [0.5, 0.6) is 0 Å². The Morgan fingerprint density at radius 3 is 2.47 bits per heavy atom. The van der Waals surface area contributed by atoms with E-state index in [0.717, 1.165) is 17.3 Å². The van der Waals surface area contributed by atoms with Crippen LogP contribution >= 0.6 is 12.2 Å². The van der Waals surface area contributed by atoms with Crippen molar-refractivity contribution in [1.29, 1.82) is 0 Å². The Morgan fingerprint density at radius 1 is 1.05 bits per heavy atom. The van der Waals surface area contributed by atoms with Crippen LogP contribution in [0.25, 0.3) is 0 Å². The van der Waals surface area contributed by atoms with Gasteiger partial charge in [0, 0.05) is 12.2 Å². The summed E-state index contributed by atoms with van der Waals surface area (Å²) in [5, 5.41) is 7.22. The molecule has 0 heterocycles. The standard InChI is InChI=1S/C16H26N2S/c1-4-5-6-7-8-11-17-16(19)18-15-10-9-13(2)14(3)12-15/h9-10,12H,4-8,11H2,1-3H3,(H2,17,18,19). The molecule has 1 rings (SSSR count). The van der Waals surface area contributed by atoms with E-state index in [-0.39, 0.29) is 0 Å². The maximum absolute atomic E-state index is 5.29. The lowest BCUT2D eigenvalue weighted by atomic mass is 10.1. The quantitative estimate of drug-likeness (QED) is 0.565. The molecule has 0 atom stereocenters. The van der Waals surface area contributed by atoms with Gasteiger partial charge in [0.05, 0.1) is 0 Å². The molecule has 2 nitrogen and oxygen atoms in total. The molecule has 0 unspecified atom stereocenters. The molecule has 0 fully saturated rings. The van der Waals surface area contributed by atoms with Crippen molar-refractivity contribution < 1.29 is 0 Å². The minimum atomic E-state index is 0.721. The summed E-state index contributed by atoms with van der Waals surface area (Å²) in [5.74, 6) is 0. The molecule has 0 aliphatic heterocycles. The molecular weight excluding hydrogens is 252 g/mol. The van der Waals surface area contributed by atoms with Crippen molar-refractivity contribution in [2.45, 2.75) is 52.9 Å². The molecule has 0 bridgehead atoms. The number of unbranched alkanes of at least 4 members (excludes halogenated alkanes) is 4. The Balaban J connectivity index is 2.21. The van der Waals surface area contributed by atoms with Gasteiger partial charge < -0.3 is 10.6 Å². The van der Waals surface area contributed by atoms with Crippen LogP contribution in [-0.4, -0.2) is 11.7 Å². The van der Waals surface area contributed by atoms with Crippen LogP contribution in [0.4, 0.5) is 5.69 Å². The van der Waals surface area contributed by atoms with Crippen LogP contribution in [0.1, 0.15) is 50.2 Å². The smallest absolute Gasteiger partial charge is 0.170 e. The van der Waals surface area contributed by atoms with E-state index < -0.39 is 0 Å². The summed E-state index contributed by atoms with van der Waals surface area (Å²) in [6.45, 7) is 7.43. The summed E-state index contributed by atoms with van der Waals surface area (Å²) in [6, 6.07) is 6.31. The second kappa shape index (κ2) is 8.92. The fourth-order valence-corrected chi connectivity index (χ4v) is 2.14. The first-order valence-corrected chi connectivity index (χ1v) is 7.66. The van der Waals surface area contributed by atoms with Gasteiger partial charge in [-0.05, 0) is 55.7 Å². The Bertz CT molecular complexity index is 402. The Hall–Kier alpha value is -1.09. The molecular formula is C16H26N2S. The summed E-state index contributed by atoms with van der Waals surface area (Å²) in [5.41, 5.74) is 3.65. The van der Waals surface area contributed by atoms with Gasteiger partial charge in [-0.25, -0.2) is 0 Å². The number of nitrogens with one attached hydrogen (secondary N) is 2. The highest BCUT2D eigenvalue weighted by Crippen LogP contribution is 2.13. The van der Waals surface area contributed by atoms with Gasteiger partial charge in [0.1, 0.15) is 0 Å². The zero-order chi connectivity index (χ0) is 14.1. The van der Waals surface area contributed by atoms with E-state index in [9.17, 15) is 0 Å². The Kier molecular flexibility index (Phi) is 7.49. The van der Waals surface area contributed by atoms with Crippen molar-refractivity contribution in [2.24, 2.45) is 0 Å². The number of thiocarbonyl (C=S) groups is 1. The van der Waals surface area contributed by atoms with Crippen molar-refractivity contribution in [3.8, 4) is 0 Å². The third-order valence-corrected chi connectivity index (χ3v) is 3.58. The molecule has 0 aliphatic rings. The molecule has 1 aromatic carbocycles. The summed E-state index contributed by atoms with van der Waals surface area (Å²) in [4.78, 5) is 0. The molecule has 19 heavy (non-hydrogen) atoms. The first kappa shape index (κ1) is 16.0. The molecule has 0 radical (unpaired) electrons. The summed E-state index contributed by atoms with van der Waals surface area (Å²) in [7, 11) is 0. The van der Waals surface area contributed by atoms with Crippen LogP contribution in [0.15, 0.2) is 18.2 Å². The van der Waals surface area contributed by atoms with Gasteiger partial charge >= 0.3 is 0 Å². The molecule has 3 heteroatoms. The monoisotopic (exact) mass is 278 g/mol. The zero-order valence-electron chi connectivity index (χ0n) is 12.4. The number of benzene rings is 1. The molecule has 0 saturated heterocycles. The van der Waals surface area contributed by atoms with Crippen LogP contribution in [0.2, 0.25) is 0 Å². The van der Waals surface area contributed by atoms with Gasteiger partial charge in [-0.1, -0.05) is 38.7 Å². The Morgan fingerprint density at radius 2 is 1.79 bits per heavy atom.